The Morgan fingerprint density at radius 3 is 2.52 bits per heavy atom. The molecule has 2 N–H and O–H groups in total. The SMILES string of the molecule is CNS(=O)(=O)c1cc(C(=O)NCc2ccccc2C)ccc1Cl. The molecule has 23 heavy (non-hydrogen) atoms. The first-order valence-electron chi connectivity index (χ1n) is 6.91. The van der Waals surface area contributed by atoms with Crippen LogP contribution >= 0.6 is 11.6 Å². The van der Waals surface area contributed by atoms with Crippen LogP contribution in [0.15, 0.2) is 47.4 Å². The van der Waals surface area contributed by atoms with E-state index in [0.29, 0.717) is 6.54 Å². The summed E-state index contributed by atoms with van der Waals surface area (Å²) in [5.74, 6) is -0.363. The van der Waals surface area contributed by atoms with Gasteiger partial charge >= 0.3 is 0 Å². The van der Waals surface area contributed by atoms with Gasteiger partial charge in [0, 0.05) is 12.1 Å². The molecule has 0 atom stereocenters. The highest BCUT2D eigenvalue weighted by atomic mass is 35.5. The molecule has 0 aromatic heterocycles. The topological polar surface area (TPSA) is 75.3 Å². The molecule has 2 aromatic rings. The highest BCUT2D eigenvalue weighted by Crippen LogP contribution is 2.22. The molecule has 0 aliphatic carbocycles. The summed E-state index contributed by atoms with van der Waals surface area (Å²) >= 11 is 5.91. The van der Waals surface area contributed by atoms with Crippen molar-refractivity contribution in [1.82, 2.24) is 10.0 Å². The van der Waals surface area contributed by atoms with Crippen molar-refractivity contribution < 1.29 is 13.2 Å². The van der Waals surface area contributed by atoms with Crippen molar-refractivity contribution in [1.29, 1.82) is 0 Å². The second-order valence-electron chi connectivity index (χ2n) is 4.96. The van der Waals surface area contributed by atoms with Crippen LogP contribution in [0.1, 0.15) is 21.5 Å². The van der Waals surface area contributed by atoms with Crippen LogP contribution in [-0.4, -0.2) is 21.4 Å². The molecule has 0 unspecified atom stereocenters. The Morgan fingerprint density at radius 1 is 1.17 bits per heavy atom. The summed E-state index contributed by atoms with van der Waals surface area (Å²) in [6.07, 6.45) is 0. The number of carbonyl (C=O) groups excluding carboxylic acids is 1. The average Bonchev–Trinajstić information content (AvgIpc) is 2.54. The van der Waals surface area contributed by atoms with Gasteiger partial charge in [0.1, 0.15) is 4.90 Å². The highest BCUT2D eigenvalue weighted by molar-refractivity contribution is 7.89. The van der Waals surface area contributed by atoms with E-state index in [0.717, 1.165) is 11.1 Å². The van der Waals surface area contributed by atoms with E-state index in [1.54, 1.807) is 0 Å². The number of amides is 1. The third kappa shape index (κ3) is 4.10. The fourth-order valence-corrected chi connectivity index (χ4v) is 3.30. The van der Waals surface area contributed by atoms with E-state index in [1.165, 1.54) is 25.2 Å². The summed E-state index contributed by atoms with van der Waals surface area (Å²) in [5, 5.41) is 2.84. The Hall–Kier alpha value is -1.89. The van der Waals surface area contributed by atoms with Gasteiger partial charge in [-0.2, -0.15) is 0 Å². The van der Waals surface area contributed by atoms with E-state index in [9.17, 15) is 13.2 Å². The van der Waals surface area contributed by atoms with Gasteiger partial charge in [-0.3, -0.25) is 4.79 Å². The third-order valence-electron chi connectivity index (χ3n) is 3.45. The van der Waals surface area contributed by atoms with Crippen molar-refractivity contribution in [3.63, 3.8) is 0 Å². The summed E-state index contributed by atoms with van der Waals surface area (Å²) in [7, 11) is -2.43. The van der Waals surface area contributed by atoms with Gasteiger partial charge in [0.25, 0.3) is 5.91 Å². The maximum absolute atomic E-state index is 12.2. The molecule has 0 aliphatic heterocycles. The average molecular weight is 353 g/mol. The van der Waals surface area contributed by atoms with Gasteiger partial charge < -0.3 is 5.32 Å². The first kappa shape index (κ1) is 17.5. The third-order valence-corrected chi connectivity index (χ3v) is 5.35. The van der Waals surface area contributed by atoms with E-state index in [4.69, 9.17) is 11.6 Å². The standard InChI is InChI=1S/C16H17ClN2O3S/c1-11-5-3-4-6-13(11)10-19-16(20)12-7-8-14(17)15(9-12)23(21,22)18-2/h3-9,18H,10H2,1-2H3,(H,19,20). The van der Waals surface area contributed by atoms with Gasteiger partial charge in [0.2, 0.25) is 10.0 Å². The largest absolute Gasteiger partial charge is 0.348 e. The molecular weight excluding hydrogens is 336 g/mol. The van der Waals surface area contributed by atoms with Crippen molar-refractivity contribution in [2.24, 2.45) is 0 Å². The summed E-state index contributed by atoms with van der Waals surface area (Å²) in [6.45, 7) is 2.32. The van der Waals surface area contributed by atoms with E-state index in [2.05, 4.69) is 10.0 Å². The van der Waals surface area contributed by atoms with Crippen LogP contribution in [0, 0.1) is 6.92 Å². The van der Waals surface area contributed by atoms with Gasteiger partial charge in [0.05, 0.1) is 5.02 Å². The number of hydrogen-bond acceptors (Lipinski definition) is 3. The molecule has 122 valence electrons. The molecule has 1 amide bonds. The number of hydrogen-bond donors (Lipinski definition) is 2. The van der Waals surface area contributed by atoms with Gasteiger partial charge in [-0.25, -0.2) is 13.1 Å². The second-order valence-corrected chi connectivity index (χ2v) is 7.22. The van der Waals surface area contributed by atoms with E-state index < -0.39 is 10.0 Å². The van der Waals surface area contributed by atoms with Gasteiger partial charge in [0.15, 0.2) is 0 Å². The summed E-state index contributed by atoms with van der Waals surface area (Å²) in [4.78, 5) is 12.1. The number of benzene rings is 2. The molecule has 0 radical (unpaired) electrons. The molecule has 0 saturated carbocycles. The van der Waals surface area contributed by atoms with Crippen LogP contribution in [0.25, 0.3) is 0 Å². The van der Waals surface area contributed by atoms with Crippen molar-refractivity contribution in [2.45, 2.75) is 18.4 Å². The molecule has 0 spiro atoms. The Bertz CT molecular complexity index is 835. The number of rotatable bonds is 5. The fourth-order valence-electron chi connectivity index (χ4n) is 2.05. The molecular formula is C16H17ClN2O3S. The van der Waals surface area contributed by atoms with Crippen LogP contribution in [0.3, 0.4) is 0 Å². The number of carbonyl (C=O) groups is 1. The lowest BCUT2D eigenvalue weighted by atomic mass is 10.1. The monoisotopic (exact) mass is 352 g/mol. The van der Waals surface area contributed by atoms with Gasteiger partial charge in [-0.1, -0.05) is 35.9 Å². The molecule has 0 heterocycles. The zero-order valence-corrected chi connectivity index (χ0v) is 14.3. The van der Waals surface area contributed by atoms with E-state index in [-0.39, 0.29) is 21.4 Å². The molecule has 0 saturated heterocycles. The zero-order valence-electron chi connectivity index (χ0n) is 12.8. The van der Waals surface area contributed by atoms with Crippen molar-refractivity contribution in [3.8, 4) is 0 Å². The fraction of sp³-hybridized carbons (Fsp3) is 0.188. The molecule has 0 bridgehead atoms. The van der Waals surface area contributed by atoms with Gasteiger partial charge in [-0.15, -0.1) is 0 Å². The van der Waals surface area contributed by atoms with Crippen molar-refractivity contribution >= 4 is 27.5 Å². The Morgan fingerprint density at radius 2 is 1.87 bits per heavy atom. The number of nitrogens with one attached hydrogen (secondary N) is 2. The molecule has 2 aromatic carbocycles. The minimum Gasteiger partial charge on any atom is -0.348 e. The van der Waals surface area contributed by atoms with Crippen LogP contribution in [0.2, 0.25) is 5.02 Å². The van der Waals surface area contributed by atoms with Crippen molar-refractivity contribution in [3.05, 3.63) is 64.2 Å². The molecule has 0 fully saturated rings. The van der Waals surface area contributed by atoms with Crippen molar-refractivity contribution in [2.75, 3.05) is 7.05 Å². The van der Waals surface area contributed by atoms with Gasteiger partial charge in [-0.05, 0) is 43.3 Å². The number of aryl methyl sites for hydroxylation is 1. The first-order valence-corrected chi connectivity index (χ1v) is 8.77. The Balaban J connectivity index is 2.21. The minimum absolute atomic E-state index is 0.0646. The smallest absolute Gasteiger partial charge is 0.251 e. The maximum atomic E-state index is 12.2. The van der Waals surface area contributed by atoms with Crippen LogP contribution in [0.5, 0.6) is 0 Å². The lowest BCUT2D eigenvalue weighted by Crippen LogP contribution is -2.24. The highest BCUT2D eigenvalue weighted by Gasteiger charge is 2.18. The van der Waals surface area contributed by atoms with E-state index >= 15 is 0 Å². The van der Waals surface area contributed by atoms with Crippen LogP contribution in [0.4, 0.5) is 0 Å². The number of halogens is 1. The Kier molecular flexibility index (Phi) is 5.41. The summed E-state index contributed by atoms with van der Waals surface area (Å²) in [6, 6.07) is 11.9. The predicted molar refractivity (Wildman–Crippen MR) is 90.0 cm³/mol. The minimum atomic E-state index is -3.72. The Labute approximate surface area is 140 Å². The first-order chi connectivity index (χ1) is 10.8. The maximum Gasteiger partial charge on any atom is 0.251 e. The quantitative estimate of drug-likeness (QED) is 0.868. The molecule has 7 heteroatoms. The normalized spacial score (nSPS) is 11.3. The number of sulfonamides is 1. The van der Waals surface area contributed by atoms with E-state index in [1.807, 2.05) is 31.2 Å². The zero-order chi connectivity index (χ0) is 17.0. The molecule has 0 aliphatic rings. The predicted octanol–water partition coefficient (Wildman–Crippen LogP) is 2.49. The van der Waals surface area contributed by atoms with Crippen LogP contribution in [-0.2, 0) is 16.6 Å². The lowest BCUT2D eigenvalue weighted by molar-refractivity contribution is 0.0950. The van der Waals surface area contributed by atoms with Crippen LogP contribution < -0.4 is 10.0 Å². The summed E-state index contributed by atoms with van der Waals surface area (Å²) < 4.78 is 26.0. The summed E-state index contributed by atoms with van der Waals surface area (Å²) in [5.41, 5.74) is 2.30. The lowest BCUT2D eigenvalue weighted by Gasteiger charge is -2.10. The molecule has 5 nitrogen and oxygen atoms in total. The second kappa shape index (κ2) is 7.12. The molecule has 2 rings (SSSR count).